The summed E-state index contributed by atoms with van der Waals surface area (Å²) in [5.41, 5.74) is 1.13. The molecule has 0 aliphatic carbocycles. The number of piperidine rings is 1. The number of anilines is 1. The maximum absolute atomic E-state index is 13.6. The SMILES string of the molecule is O=POCn1nc(-c2ccnnc2)nc1N1CCCC(Cc2ccc(F)c(F)c2)C1=O. The molecule has 0 bridgehead atoms. The minimum absolute atomic E-state index is 0.177. The highest BCUT2D eigenvalue weighted by Crippen LogP contribution is 2.28. The number of aromatic nitrogens is 5. The Labute approximate surface area is 177 Å². The highest BCUT2D eigenvalue weighted by molar-refractivity contribution is 7.17. The number of carbonyl (C=O) groups is 1. The van der Waals surface area contributed by atoms with Gasteiger partial charge in [0, 0.05) is 18.0 Å². The third-order valence-electron chi connectivity index (χ3n) is 4.98. The van der Waals surface area contributed by atoms with Crippen LogP contribution in [0.4, 0.5) is 14.7 Å². The summed E-state index contributed by atoms with van der Waals surface area (Å²) in [5, 5.41) is 11.9. The Hall–Kier alpha value is -3.17. The van der Waals surface area contributed by atoms with E-state index in [9.17, 15) is 18.1 Å². The molecule has 1 atom stereocenters. The second-order valence-corrected chi connectivity index (χ2v) is 7.39. The van der Waals surface area contributed by atoms with Crippen molar-refractivity contribution in [3.63, 3.8) is 0 Å². The first-order chi connectivity index (χ1) is 15.1. The van der Waals surface area contributed by atoms with E-state index in [4.69, 9.17) is 4.52 Å². The number of hydrogen-bond donors (Lipinski definition) is 0. The van der Waals surface area contributed by atoms with Gasteiger partial charge in [-0.05, 0) is 43.0 Å². The molecule has 1 amide bonds. The van der Waals surface area contributed by atoms with E-state index in [1.807, 2.05) is 0 Å². The van der Waals surface area contributed by atoms with Crippen LogP contribution in [0.2, 0.25) is 0 Å². The largest absolute Gasteiger partial charge is 0.329 e. The van der Waals surface area contributed by atoms with Crippen molar-refractivity contribution in [2.45, 2.75) is 26.0 Å². The van der Waals surface area contributed by atoms with E-state index in [0.717, 1.165) is 12.1 Å². The van der Waals surface area contributed by atoms with Gasteiger partial charge in [-0.1, -0.05) is 6.07 Å². The van der Waals surface area contributed by atoms with Gasteiger partial charge in [-0.25, -0.2) is 18.0 Å². The van der Waals surface area contributed by atoms with E-state index in [0.29, 0.717) is 36.3 Å². The summed E-state index contributed by atoms with van der Waals surface area (Å²) < 4.78 is 43.8. The van der Waals surface area contributed by atoms with Crippen molar-refractivity contribution in [3.05, 3.63) is 53.9 Å². The molecule has 4 rings (SSSR count). The summed E-state index contributed by atoms with van der Waals surface area (Å²) >= 11 is 0. The fraction of sp³-hybridized carbons (Fsp3) is 0.316. The third-order valence-corrected chi connectivity index (χ3v) is 5.21. The van der Waals surface area contributed by atoms with Gasteiger partial charge in [0.2, 0.25) is 11.9 Å². The highest BCUT2D eigenvalue weighted by Gasteiger charge is 2.33. The summed E-state index contributed by atoms with van der Waals surface area (Å²) in [6, 6.07) is 5.32. The second-order valence-electron chi connectivity index (χ2n) is 6.98. The van der Waals surface area contributed by atoms with Crippen LogP contribution in [0.25, 0.3) is 11.4 Å². The predicted octanol–water partition coefficient (Wildman–Crippen LogP) is 3.18. The van der Waals surface area contributed by atoms with E-state index < -0.39 is 26.2 Å². The van der Waals surface area contributed by atoms with Crippen LogP contribution in [0.15, 0.2) is 36.7 Å². The van der Waals surface area contributed by atoms with Gasteiger partial charge in [0.1, 0.15) is 0 Å². The van der Waals surface area contributed by atoms with Crippen LogP contribution < -0.4 is 4.90 Å². The summed E-state index contributed by atoms with van der Waals surface area (Å²) in [7, 11) is -0.533. The summed E-state index contributed by atoms with van der Waals surface area (Å²) in [4.78, 5) is 19.2. The zero-order valence-corrected chi connectivity index (χ0v) is 17.1. The van der Waals surface area contributed by atoms with Gasteiger partial charge in [-0.15, -0.1) is 5.10 Å². The first-order valence-electron chi connectivity index (χ1n) is 9.48. The number of rotatable bonds is 7. The summed E-state index contributed by atoms with van der Waals surface area (Å²) in [5.74, 6) is -1.94. The van der Waals surface area contributed by atoms with Crippen LogP contribution in [0.3, 0.4) is 0 Å². The Morgan fingerprint density at radius 2 is 2.06 bits per heavy atom. The average Bonchev–Trinajstić information content (AvgIpc) is 3.21. The zero-order chi connectivity index (χ0) is 21.8. The third kappa shape index (κ3) is 4.62. The molecule has 3 heterocycles. The molecule has 1 unspecified atom stereocenters. The molecule has 1 aliphatic rings. The molecule has 160 valence electrons. The Bertz CT molecular complexity index is 1100. The van der Waals surface area contributed by atoms with Crippen molar-refractivity contribution in [2.75, 3.05) is 11.4 Å². The Morgan fingerprint density at radius 1 is 1.19 bits per heavy atom. The van der Waals surface area contributed by atoms with E-state index in [1.165, 1.54) is 28.0 Å². The lowest BCUT2D eigenvalue weighted by Crippen LogP contribution is -2.43. The molecular weight excluding hydrogens is 429 g/mol. The highest BCUT2D eigenvalue weighted by atomic mass is 31.1. The van der Waals surface area contributed by atoms with Crippen LogP contribution in [-0.2, 0) is 27.0 Å². The molecule has 0 N–H and O–H groups in total. The van der Waals surface area contributed by atoms with Gasteiger partial charge in [-0.2, -0.15) is 15.2 Å². The molecule has 1 fully saturated rings. The van der Waals surface area contributed by atoms with Crippen molar-refractivity contribution in [1.29, 1.82) is 0 Å². The van der Waals surface area contributed by atoms with Crippen LogP contribution in [0.1, 0.15) is 18.4 Å². The molecular formula is C19H17F2N6O3P. The van der Waals surface area contributed by atoms with Crippen molar-refractivity contribution >= 4 is 20.5 Å². The van der Waals surface area contributed by atoms with Crippen molar-refractivity contribution in [3.8, 4) is 11.4 Å². The van der Waals surface area contributed by atoms with Crippen LogP contribution >= 0.6 is 8.69 Å². The molecule has 31 heavy (non-hydrogen) atoms. The molecule has 1 aliphatic heterocycles. The van der Waals surface area contributed by atoms with Gasteiger partial charge < -0.3 is 0 Å². The molecule has 0 radical (unpaired) electrons. The minimum Gasteiger partial charge on any atom is -0.281 e. The summed E-state index contributed by atoms with van der Waals surface area (Å²) in [6.07, 6.45) is 4.56. The van der Waals surface area contributed by atoms with Crippen molar-refractivity contribution in [2.24, 2.45) is 5.92 Å². The monoisotopic (exact) mass is 446 g/mol. The lowest BCUT2D eigenvalue weighted by atomic mass is 9.90. The van der Waals surface area contributed by atoms with Gasteiger partial charge in [-0.3, -0.25) is 14.2 Å². The first kappa shape index (κ1) is 21.1. The molecule has 12 heteroatoms. The smallest absolute Gasteiger partial charge is 0.281 e. The fourth-order valence-electron chi connectivity index (χ4n) is 3.53. The maximum Gasteiger partial charge on any atom is 0.329 e. The van der Waals surface area contributed by atoms with E-state index >= 15 is 0 Å². The van der Waals surface area contributed by atoms with Crippen molar-refractivity contribution < 1.29 is 22.7 Å². The van der Waals surface area contributed by atoms with Gasteiger partial charge in [0.05, 0.1) is 12.4 Å². The Morgan fingerprint density at radius 3 is 2.81 bits per heavy atom. The lowest BCUT2D eigenvalue weighted by molar-refractivity contribution is -0.123. The van der Waals surface area contributed by atoms with Crippen LogP contribution in [0.5, 0.6) is 0 Å². The standard InChI is InChI=1S/C19H17F2N6O3P/c20-15-4-3-12(9-16(15)21)8-13-2-1-7-26(18(13)28)19-24-17(14-5-6-22-23-10-14)25-27(19)11-30-31-29/h3-6,9-10,13H,1-2,7-8,11H2. The molecule has 9 nitrogen and oxygen atoms in total. The van der Waals surface area contributed by atoms with Crippen molar-refractivity contribution in [1.82, 2.24) is 25.0 Å². The van der Waals surface area contributed by atoms with Gasteiger partial charge in [0.15, 0.2) is 24.2 Å². The number of amides is 1. The average molecular weight is 446 g/mol. The number of nitrogens with zero attached hydrogens (tertiary/aromatic N) is 6. The molecule has 0 spiro atoms. The maximum atomic E-state index is 13.6. The molecule has 1 aromatic carbocycles. The van der Waals surface area contributed by atoms with Gasteiger partial charge >= 0.3 is 8.69 Å². The normalized spacial score (nSPS) is 16.8. The topological polar surface area (TPSA) is 103 Å². The van der Waals surface area contributed by atoms with Crippen LogP contribution in [-0.4, -0.2) is 37.4 Å². The molecule has 3 aromatic rings. The molecule has 0 saturated carbocycles. The van der Waals surface area contributed by atoms with E-state index in [1.54, 1.807) is 6.07 Å². The van der Waals surface area contributed by atoms with E-state index in [2.05, 4.69) is 20.3 Å². The zero-order valence-electron chi connectivity index (χ0n) is 16.2. The Balaban J connectivity index is 1.61. The minimum atomic E-state index is -0.943. The molecule has 1 saturated heterocycles. The fourth-order valence-corrected chi connectivity index (χ4v) is 3.69. The molecule has 2 aromatic heterocycles. The number of benzene rings is 1. The lowest BCUT2D eigenvalue weighted by Gasteiger charge is -2.31. The second kappa shape index (κ2) is 9.32. The number of carbonyl (C=O) groups excluding carboxylic acids is 1. The quantitative estimate of drug-likeness (QED) is 0.514. The predicted molar refractivity (Wildman–Crippen MR) is 105 cm³/mol. The first-order valence-corrected chi connectivity index (χ1v) is 10.2. The van der Waals surface area contributed by atoms with Crippen LogP contribution in [0, 0.1) is 17.6 Å². The number of halogens is 2. The summed E-state index contributed by atoms with van der Waals surface area (Å²) in [6.45, 7) is 0.235. The Kier molecular flexibility index (Phi) is 6.34. The van der Waals surface area contributed by atoms with Gasteiger partial charge in [0.25, 0.3) is 0 Å². The van der Waals surface area contributed by atoms with E-state index in [-0.39, 0.29) is 25.0 Å². The number of hydrogen-bond acceptors (Lipinski definition) is 7.